The first-order valence-corrected chi connectivity index (χ1v) is 7.19. The third kappa shape index (κ3) is 2.93. The van der Waals surface area contributed by atoms with Gasteiger partial charge in [-0.3, -0.25) is 4.79 Å². The Labute approximate surface area is 117 Å². The molecule has 1 aromatic rings. The van der Waals surface area contributed by atoms with Gasteiger partial charge in [0.25, 0.3) is 0 Å². The summed E-state index contributed by atoms with van der Waals surface area (Å²) < 4.78 is 0.962. The molecule has 0 atom stereocenters. The Morgan fingerprint density at radius 3 is 2.50 bits per heavy atom. The zero-order valence-electron chi connectivity index (χ0n) is 10.9. The van der Waals surface area contributed by atoms with E-state index in [1.807, 2.05) is 18.2 Å². The number of halogens is 1. The molecule has 0 radical (unpaired) electrons. The van der Waals surface area contributed by atoms with E-state index >= 15 is 0 Å². The number of benzene rings is 1. The van der Waals surface area contributed by atoms with Gasteiger partial charge in [-0.05, 0) is 31.7 Å². The van der Waals surface area contributed by atoms with Crippen molar-refractivity contribution < 1.29 is 4.79 Å². The predicted octanol–water partition coefficient (Wildman–Crippen LogP) is 2.79. The third-order valence-corrected chi connectivity index (χ3v) is 3.99. The maximum atomic E-state index is 11.7. The van der Waals surface area contributed by atoms with Gasteiger partial charge in [0.05, 0.1) is 0 Å². The van der Waals surface area contributed by atoms with Crippen LogP contribution < -0.4 is 4.90 Å². The summed E-state index contributed by atoms with van der Waals surface area (Å²) in [5, 5.41) is 0. The third-order valence-electron chi connectivity index (χ3n) is 3.50. The minimum absolute atomic E-state index is 0.129. The number of carbonyl (C=O) groups excluding carboxylic acids is 1. The number of piperazine rings is 1. The molecule has 0 unspecified atom stereocenters. The molecule has 1 fully saturated rings. The first-order valence-electron chi connectivity index (χ1n) is 6.39. The van der Waals surface area contributed by atoms with Crippen LogP contribution in [-0.4, -0.2) is 43.4 Å². The molecule has 0 saturated carbocycles. The number of ketones is 1. The second-order valence-corrected chi connectivity index (χ2v) is 5.55. The van der Waals surface area contributed by atoms with Gasteiger partial charge in [0.1, 0.15) is 0 Å². The Kier molecular flexibility index (Phi) is 4.40. The molecule has 1 aliphatic heterocycles. The largest absolute Gasteiger partial charge is 0.368 e. The normalized spacial score (nSPS) is 16.9. The van der Waals surface area contributed by atoms with Crippen molar-refractivity contribution in [1.82, 2.24) is 4.90 Å². The molecular weight excluding hydrogens is 292 g/mol. The van der Waals surface area contributed by atoms with E-state index in [4.69, 9.17) is 0 Å². The Morgan fingerprint density at radius 1 is 1.28 bits per heavy atom. The van der Waals surface area contributed by atoms with Crippen molar-refractivity contribution in [3.8, 4) is 0 Å². The van der Waals surface area contributed by atoms with Gasteiger partial charge >= 0.3 is 0 Å². The van der Waals surface area contributed by atoms with Crippen LogP contribution in [0.4, 0.5) is 5.69 Å². The number of carbonyl (C=O) groups is 1. The highest BCUT2D eigenvalue weighted by atomic mass is 79.9. The van der Waals surface area contributed by atoms with E-state index in [9.17, 15) is 4.79 Å². The zero-order chi connectivity index (χ0) is 13.1. The average Bonchev–Trinajstić information content (AvgIpc) is 2.39. The monoisotopic (exact) mass is 310 g/mol. The fourth-order valence-electron chi connectivity index (χ4n) is 2.37. The van der Waals surface area contributed by atoms with Gasteiger partial charge in [-0.2, -0.15) is 0 Å². The van der Waals surface area contributed by atoms with Crippen LogP contribution in [-0.2, 0) is 0 Å². The smallest absolute Gasteiger partial charge is 0.161 e. The Hall–Kier alpha value is -0.870. The lowest BCUT2D eigenvalue weighted by atomic mass is 10.1. The molecular formula is C14H19BrN2O. The van der Waals surface area contributed by atoms with Crippen LogP contribution >= 0.6 is 15.9 Å². The summed E-state index contributed by atoms with van der Waals surface area (Å²) in [6.07, 6.45) is 0. The summed E-state index contributed by atoms with van der Waals surface area (Å²) in [6, 6.07) is 5.97. The molecule has 0 spiro atoms. The second-order valence-electron chi connectivity index (χ2n) is 4.64. The summed E-state index contributed by atoms with van der Waals surface area (Å²) in [5.74, 6) is 0.129. The van der Waals surface area contributed by atoms with Crippen LogP contribution in [0, 0.1) is 0 Å². The Morgan fingerprint density at radius 2 is 1.94 bits per heavy atom. The summed E-state index contributed by atoms with van der Waals surface area (Å²) in [6.45, 7) is 9.07. The number of rotatable bonds is 3. The van der Waals surface area contributed by atoms with E-state index in [1.54, 1.807) is 6.92 Å². The molecule has 0 N–H and O–H groups in total. The number of anilines is 1. The van der Waals surface area contributed by atoms with Gasteiger partial charge in [0.2, 0.25) is 0 Å². The summed E-state index contributed by atoms with van der Waals surface area (Å²) in [5.41, 5.74) is 1.88. The highest BCUT2D eigenvalue weighted by Gasteiger charge is 2.19. The van der Waals surface area contributed by atoms with E-state index in [2.05, 4.69) is 32.7 Å². The molecule has 18 heavy (non-hydrogen) atoms. The standard InChI is InChI=1S/C14H19BrN2O/c1-3-16-6-8-17(9-7-16)14-5-4-12(15)10-13(14)11(2)18/h4-5,10H,3,6-9H2,1-2H3. The van der Waals surface area contributed by atoms with Crippen molar-refractivity contribution in [3.05, 3.63) is 28.2 Å². The van der Waals surface area contributed by atoms with E-state index in [0.717, 1.165) is 48.4 Å². The molecule has 0 aliphatic carbocycles. The van der Waals surface area contributed by atoms with Crippen molar-refractivity contribution in [1.29, 1.82) is 0 Å². The number of hydrogen-bond acceptors (Lipinski definition) is 3. The maximum Gasteiger partial charge on any atom is 0.161 e. The number of likely N-dealkylation sites (N-methyl/N-ethyl adjacent to an activating group) is 1. The Bertz CT molecular complexity index is 439. The molecule has 1 aliphatic rings. The fourth-order valence-corrected chi connectivity index (χ4v) is 2.73. The molecule has 0 bridgehead atoms. The first-order chi connectivity index (χ1) is 8.61. The molecule has 3 nitrogen and oxygen atoms in total. The van der Waals surface area contributed by atoms with E-state index < -0.39 is 0 Å². The highest BCUT2D eigenvalue weighted by Crippen LogP contribution is 2.26. The molecule has 1 saturated heterocycles. The molecule has 4 heteroatoms. The van der Waals surface area contributed by atoms with Crippen molar-refractivity contribution in [3.63, 3.8) is 0 Å². The van der Waals surface area contributed by atoms with Crippen molar-refractivity contribution in [2.45, 2.75) is 13.8 Å². The molecule has 0 amide bonds. The summed E-state index contributed by atoms with van der Waals surface area (Å²) >= 11 is 3.43. The van der Waals surface area contributed by atoms with Crippen LogP contribution in [0.3, 0.4) is 0 Å². The quantitative estimate of drug-likeness (QED) is 0.802. The van der Waals surface area contributed by atoms with Crippen LogP contribution in [0.1, 0.15) is 24.2 Å². The van der Waals surface area contributed by atoms with Crippen LogP contribution in [0.2, 0.25) is 0 Å². The van der Waals surface area contributed by atoms with Gasteiger partial charge in [-0.1, -0.05) is 22.9 Å². The minimum Gasteiger partial charge on any atom is -0.368 e. The van der Waals surface area contributed by atoms with E-state index in [0.29, 0.717) is 0 Å². The zero-order valence-corrected chi connectivity index (χ0v) is 12.5. The molecule has 1 heterocycles. The topological polar surface area (TPSA) is 23.6 Å². The molecule has 2 rings (SSSR count). The number of hydrogen-bond donors (Lipinski definition) is 0. The molecule has 0 aromatic heterocycles. The van der Waals surface area contributed by atoms with Crippen LogP contribution in [0.5, 0.6) is 0 Å². The fraction of sp³-hybridized carbons (Fsp3) is 0.500. The summed E-state index contributed by atoms with van der Waals surface area (Å²) in [7, 11) is 0. The van der Waals surface area contributed by atoms with Crippen LogP contribution in [0.15, 0.2) is 22.7 Å². The highest BCUT2D eigenvalue weighted by molar-refractivity contribution is 9.10. The van der Waals surface area contributed by atoms with Crippen molar-refractivity contribution in [2.24, 2.45) is 0 Å². The van der Waals surface area contributed by atoms with Crippen LogP contribution in [0.25, 0.3) is 0 Å². The predicted molar refractivity (Wildman–Crippen MR) is 78.5 cm³/mol. The van der Waals surface area contributed by atoms with Gasteiger partial charge in [0, 0.05) is 41.9 Å². The Balaban J connectivity index is 2.21. The first kappa shape index (κ1) is 13.6. The minimum atomic E-state index is 0.129. The molecule has 98 valence electrons. The average molecular weight is 311 g/mol. The van der Waals surface area contributed by atoms with E-state index in [1.165, 1.54) is 0 Å². The van der Waals surface area contributed by atoms with Crippen molar-refractivity contribution in [2.75, 3.05) is 37.6 Å². The number of Topliss-reactive ketones (excluding diaryl/α,β-unsaturated/α-hetero) is 1. The second kappa shape index (κ2) is 5.85. The van der Waals surface area contributed by atoms with E-state index in [-0.39, 0.29) is 5.78 Å². The maximum absolute atomic E-state index is 11.7. The van der Waals surface area contributed by atoms with Gasteiger partial charge < -0.3 is 9.80 Å². The number of nitrogens with zero attached hydrogens (tertiary/aromatic N) is 2. The lowest BCUT2D eigenvalue weighted by Crippen LogP contribution is -2.46. The summed E-state index contributed by atoms with van der Waals surface area (Å²) in [4.78, 5) is 16.5. The van der Waals surface area contributed by atoms with Gasteiger partial charge in [-0.25, -0.2) is 0 Å². The van der Waals surface area contributed by atoms with Gasteiger partial charge in [-0.15, -0.1) is 0 Å². The molecule has 1 aromatic carbocycles. The van der Waals surface area contributed by atoms with Gasteiger partial charge in [0.15, 0.2) is 5.78 Å². The lowest BCUT2D eigenvalue weighted by molar-refractivity contribution is 0.101. The SMILES string of the molecule is CCN1CCN(c2ccc(Br)cc2C(C)=O)CC1. The lowest BCUT2D eigenvalue weighted by Gasteiger charge is -2.36. The van der Waals surface area contributed by atoms with Crippen molar-refractivity contribution >= 4 is 27.4 Å².